The molecular weight excluding hydrogens is 214 g/mol. The fraction of sp³-hybridized carbons (Fsp3) is 0.929. The van der Waals surface area contributed by atoms with E-state index in [4.69, 9.17) is 4.74 Å². The Labute approximate surface area is 105 Å². The average molecular weight is 239 g/mol. The number of methoxy groups -OCH3 is 1. The summed E-state index contributed by atoms with van der Waals surface area (Å²) in [4.78, 5) is 14.1. The fourth-order valence-corrected chi connectivity index (χ4v) is 3.24. The van der Waals surface area contributed by atoms with Gasteiger partial charge < -0.3 is 9.64 Å². The zero-order chi connectivity index (χ0) is 12.3. The molecule has 1 aliphatic heterocycles. The average Bonchev–Trinajstić information content (AvgIpc) is 2.39. The largest absolute Gasteiger partial charge is 0.469 e. The van der Waals surface area contributed by atoms with Crippen molar-refractivity contribution in [1.29, 1.82) is 0 Å². The SMILES string of the molecule is COC(=O)C1CCC(N2CCC(C)CC2)CC1. The Balaban J connectivity index is 1.77. The molecule has 3 heteroatoms. The van der Waals surface area contributed by atoms with Crippen LogP contribution < -0.4 is 0 Å². The zero-order valence-electron chi connectivity index (χ0n) is 11.2. The molecule has 1 heterocycles. The fourth-order valence-electron chi connectivity index (χ4n) is 3.24. The van der Waals surface area contributed by atoms with Crippen LogP contribution in [0.25, 0.3) is 0 Å². The van der Waals surface area contributed by atoms with E-state index in [2.05, 4.69) is 11.8 Å². The highest BCUT2D eigenvalue weighted by molar-refractivity contribution is 5.72. The Bertz CT molecular complexity index is 251. The summed E-state index contributed by atoms with van der Waals surface area (Å²) in [7, 11) is 1.50. The third-order valence-electron chi connectivity index (χ3n) is 4.57. The van der Waals surface area contributed by atoms with Gasteiger partial charge in [0.25, 0.3) is 0 Å². The molecule has 1 saturated carbocycles. The van der Waals surface area contributed by atoms with Crippen LogP contribution in [0.3, 0.4) is 0 Å². The Morgan fingerprint density at radius 3 is 2.18 bits per heavy atom. The molecule has 98 valence electrons. The maximum atomic E-state index is 11.5. The molecule has 2 fully saturated rings. The molecule has 2 aliphatic rings. The molecule has 0 aromatic heterocycles. The maximum Gasteiger partial charge on any atom is 0.308 e. The maximum absolute atomic E-state index is 11.5. The summed E-state index contributed by atoms with van der Waals surface area (Å²) in [6, 6.07) is 0.725. The minimum atomic E-state index is -0.00397. The Morgan fingerprint density at radius 1 is 1.06 bits per heavy atom. The van der Waals surface area contributed by atoms with Gasteiger partial charge in [-0.25, -0.2) is 0 Å². The molecule has 0 amide bonds. The molecule has 0 unspecified atom stereocenters. The summed E-state index contributed by atoms with van der Waals surface area (Å²) in [5.41, 5.74) is 0. The van der Waals surface area contributed by atoms with E-state index in [1.54, 1.807) is 0 Å². The van der Waals surface area contributed by atoms with Crippen LogP contribution in [0.15, 0.2) is 0 Å². The van der Waals surface area contributed by atoms with Crippen molar-refractivity contribution >= 4 is 5.97 Å². The first-order chi connectivity index (χ1) is 8.20. The van der Waals surface area contributed by atoms with Crippen LogP contribution in [0, 0.1) is 11.8 Å². The van der Waals surface area contributed by atoms with Gasteiger partial charge in [0, 0.05) is 6.04 Å². The number of piperidine rings is 1. The van der Waals surface area contributed by atoms with Crippen LogP contribution in [0.2, 0.25) is 0 Å². The van der Waals surface area contributed by atoms with E-state index in [-0.39, 0.29) is 11.9 Å². The molecule has 3 nitrogen and oxygen atoms in total. The van der Waals surface area contributed by atoms with Crippen LogP contribution in [0.5, 0.6) is 0 Å². The molecule has 0 radical (unpaired) electrons. The number of carbonyl (C=O) groups is 1. The minimum absolute atomic E-state index is 0.00397. The van der Waals surface area contributed by atoms with Crippen molar-refractivity contribution < 1.29 is 9.53 Å². The van der Waals surface area contributed by atoms with Crippen molar-refractivity contribution in [2.24, 2.45) is 11.8 Å². The summed E-state index contributed by atoms with van der Waals surface area (Å²) in [6.45, 7) is 4.87. The molecule has 1 saturated heterocycles. The lowest BCUT2D eigenvalue weighted by Crippen LogP contribution is -2.43. The van der Waals surface area contributed by atoms with E-state index in [1.807, 2.05) is 0 Å². The van der Waals surface area contributed by atoms with Gasteiger partial charge in [-0.15, -0.1) is 0 Å². The summed E-state index contributed by atoms with van der Waals surface area (Å²) in [5, 5.41) is 0. The highest BCUT2D eigenvalue weighted by Gasteiger charge is 2.31. The minimum Gasteiger partial charge on any atom is -0.469 e. The van der Waals surface area contributed by atoms with Crippen molar-refractivity contribution in [1.82, 2.24) is 4.90 Å². The summed E-state index contributed by atoms with van der Waals surface area (Å²) in [5.74, 6) is 1.06. The summed E-state index contributed by atoms with van der Waals surface area (Å²) in [6.07, 6.45) is 7.07. The van der Waals surface area contributed by atoms with Crippen molar-refractivity contribution in [3.8, 4) is 0 Å². The number of carbonyl (C=O) groups excluding carboxylic acids is 1. The predicted molar refractivity (Wildman–Crippen MR) is 67.7 cm³/mol. The van der Waals surface area contributed by atoms with E-state index >= 15 is 0 Å². The van der Waals surface area contributed by atoms with Crippen LogP contribution in [0.4, 0.5) is 0 Å². The van der Waals surface area contributed by atoms with Crippen LogP contribution in [-0.2, 0) is 9.53 Å². The highest BCUT2D eigenvalue weighted by atomic mass is 16.5. The topological polar surface area (TPSA) is 29.5 Å². The highest BCUT2D eigenvalue weighted by Crippen LogP contribution is 2.30. The number of likely N-dealkylation sites (tertiary alicyclic amines) is 1. The number of hydrogen-bond donors (Lipinski definition) is 0. The van der Waals surface area contributed by atoms with Gasteiger partial charge in [-0.2, -0.15) is 0 Å². The van der Waals surface area contributed by atoms with Crippen LogP contribution in [0.1, 0.15) is 45.4 Å². The quantitative estimate of drug-likeness (QED) is 0.693. The number of hydrogen-bond acceptors (Lipinski definition) is 3. The monoisotopic (exact) mass is 239 g/mol. The van der Waals surface area contributed by atoms with Crippen LogP contribution in [-0.4, -0.2) is 37.1 Å². The van der Waals surface area contributed by atoms with Crippen molar-refractivity contribution in [2.75, 3.05) is 20.2 Å². The van der Waals surface area contributed by atoms with E-state index < -0.39 is 0 Å². The lowest BCUT2D eigenvalue weighted by Gasteiger charge is -2.39. The molecule has 0 bridgehead atoms. The van der Waals surface area contributed by atoms with E-state index in [1.165, 1.54) is 45.9 Å². The normalized spacial score (nSPS) is 32.4. The second-order valence-corrected chi connectivity index (χ2v) is 5.75. The molecule has 17 heavy (non-hydrogen) atoms. The van der Waals surface area contributed by atoms with E-state index in [0.29, 0.717) is 0 Å². The molecule has 0 aromatic rings. The number of rotatable bonds is 2. The van der Waals surface area contributed by atoms with Gasteiger partial charge in [0.15, 0.2) is 0 Å². The number of nitrogens with zero attached hydrogens (tertiary/aromatic N) is 1. The van der Waals surface area contributed by atoms with Crippen molar-refractivity contribution in [3.63, 3.8) is 0 Å². The molecule has 0 spiro atoms. The van der Waals surface area contributed by atoms with E-state index in [0.717, 1.165) is 24.8 Å². The lowest BCUT2D eigenvalue weighted by molar-refractivity contribution is -0.147. The van der Waals surface area contributed by atoms with Crippen molar-refractivity contribution in [2.45, 2.75) is 51.5 Å². The third kappa shape index (κ3) is 3.21. The van der Waals surface area contributed by atoms with Gasteiger partial charge in [0.2, 0.25) is 0 Å². The first-order valence-corrected chi connectivity index (χ1v) is 7.02. The number of ether oxygens (including phenoxy) is 1. The molecule has 0 aromatic carbocycles. The van der Waals surface area contributed by atoms with Gasteiger partial charge in [0.1, 0.15) is 0 Å². The Kier molecular flexibility index (Phi) is 4.43. The first kappa shape index (κ1) is 12.9. The molecule has 1 aliphatic carbocycles. The Hall–Kier alpha value is -0.570. The smallest absolute Gasteiger partial charge is 0.308 e. The zero-order valence-corrected chi connectivity index (χ0v) is 11.2. The molecule has 0 atom stereocenters. The molecular formula is C14H25NO2. The standard InChI is InChI=1S/C14H25NO2/c1-11-7-9-15(10-8-11)13-5-3-12(4-6-13)14(16)17-2/h11-13H,3-10H2,1-2H3. The van der Waals surface area contributed by atoms with Gasteiger partial charge in [-0.05, 0) is 57.5 Å². The van der Waals surface area contributed by atoms with Gasteiger partial charge in [-0.3, -0.25) is 4.79 Å². The van der Waals surface area contributed by atoms with Crippen molar-refractivity contribution in [3.05, 3.63) is 0 Å². The van der Waals surface area contributed by atoms with Gasteiger partial charge >= 0.3 is 5.97 Å². The second-order valence-electron chi connectivity index (χ2n) is 5.75. The third-order valence-corrected chi connectivity index (χ3v) is 4.57. The van der Waals surface area contributed by atoms with Crippen LogP contribution >= 0.6 is 0 Å². The summed E-state index contributed by atoms with van der Waals surface area (Å²) < 4.78 is 4.83. The first-order valence-electron chi connectivity index (χ1n) is 7.02. The second kappa shape index (κ2) is 5.85. The molecule has 2 rings (SSSR count). The lowest BCUT2D eigenvalue weighted by atomic mass is 9.84. The van der Waals surface area contributed by atoms with Gasteiger partial charge in [0.05, 0.1) is 13.0 Å². The number of esters is 1. The molecule has 0 N–H and O–H groups in total. The summed E-state index contributed by atoms with van der Waals surface area (Å²) >= 11 is 0. The predicted octanol–water partition coefficient (Wildman–Crippen LogP) is 2.45. The van der Waals surface area contributed by atoms with Gasteiger partial charge in [-0.1, -0.05) is 6.92 Å². The van der Waals surface area contributed by atoms with E-state index in [9.17, 15) is 4.79 Å². The Morgan fingerprint density at radius 2 is 1.65 bits per heavy atom.